The number of rotatable bonds is 5. The second-order valence-corrected chi connectivity index (χ2v) is 4.90. The normalized spacial score (nSPS) is 15.1. The van der Waals surface area contributed by atoms with Crippen LogP contribution in [-0.2, 0) is 18.3 Å². The third kappa shape index (κ3) is 2.62. The highest BCUT2D eigenvalue weighted by atomic mass is 16.4. The van der Waals surface area contributed by atoms with Gasteiger partial charge in [-0.25, -0.2) is 0 Å². The Morgan fingerprint density at radius 3 is 2.62 bits per heavy atom. The Morgan fingerprint density at radius 1 is 1.62 bits per heavy atom. The molecule has 4 heteroatoms. The summed E-state index contributed by atoms with van der Waals surface area (Å²) in [6.07, 6.45) is 5.13. The molecular weight excluding hydrogens is 204 g/mol. The third-order valence-electron chi connectivity index (χ3n) is 3.45. The molecule has 1 N–H and O–H groups in total. The Labute approximate surface area is 96.3 Å². The molecule has 1 rings (SSSR count). The van der Waals surface area contributed by atoms with Crippen LogP contribution in [0.3, 0.4) is 0 Å². The van der Waals surface area contributed by atoms with Crippen molar-refractivity contribution in [1.82, 2.24) is 9.78 Å². The van der Waals surface area contributed by atoms with Gasteiger partial charge in [0.2, 0.25) is 0 Å². The number of aliphatic carboxylic acids is 1. The summed E-state index contributed by atoms with van der Waals surface area (Å²) in [5.41, 5.74) is 0.436. The SMILES string of the molecule is CC(C)C(C)(CCc1cnn(C)c1)C(=O)O. The van der Waals surface area contributed by atoms with Gasteiger partial charge in [0, 0.05) is 13.2 Å². The molecule has 0 spiro atoms. The Balaban J connectivity index is 2.68. The third-order valence-corrected chi connectivity index (χ3v) is 3.45. The maximum absolute atomic E-state index is 11.3. The van der Waals surface area contributed by atoms with Crippen molar-refractivity contribution in [3.8, 4) is 0 Å². The standard InChI is InChI=1S/C12H20N2O2/c1-9(2)12(3,11(15)16)6-5-10-7-13-14(4)8-10/h7-9H,5-6H2,1-4H3,(H,15,16). The maximum atomic E-state index is 11.3. The van der Waals surface area contributed by atoms with E-state index in [1.165, 1.54) is 0 Å². The molecule has 0 aliphatic heterocycles. The second kappa shape index (κ2) is 4.68. The van der Waals surface area contributed by atoms with E-state index in [1.807, 2.05) is 34.0 Å². The van der Waals surface area contributed by atoms with E-state index in [0.717, 1.165) is 12.0 Å². The Kier molecular flexibility index (Phi) is 3.73. The average Bonchev–Trinajstić information content (AvgIpc) is 2.60. The molecule has 1 aromatic heterocycles. The molecule has 0 saturated carbocycles. The molecule has 1 atom stereocenters. The first kappa shape index (κ1) is 12.7. The van der Waals surface area contributed by atoms with Gasteiger partial charge in [0.1, 0.15) is 0 Å². The Morgan fingerprint density at radius 2 is 2.25 bits per heavy atom. The van der Waals surface area contributed by atoms with Crippen molar-refractivity contribution in [2.24, 2.45) is 18.4 Å². The molecule has 1 aromatic rings. The van der Waals surface area contributed by atoms with Crippen LogP contribution in [0.5, 0.6) is 0 Å². The van der Waals surface area contributed by atoms with Crippen LogP contribution in [0.15, 0.2) is 12.4 Å². The number of carboxylic acids is 1. The topological polar surface area (TPSA) is 55.1 Å². The summed E-state index contributed by atoms with van der Waals surface area (Å²) in [5, 5.41) is 13.3. The van der Waals surface area contributed by atoms with Crippen molar-refractivity contribution in [2.75, 3.05) is 0 Å². The summed E-state index contributed by atoms with van der Waals surface area (Å²) in [5.74, 6) is -0.590. The molecule has 0 aromatic carbocycles. The minimum Gasteiger partial charge on any atom is -0.481 e. The maximum Gasteiger partial charge on any atom is 0.309 e. The molecule has 1 heterocycles. The minimum atomic E-state index is -0.716. The summed E-state index contributed by atoms with van der Waals surface area (Å²) in [6.45, 7) is 5.73. The van der Waals surface area contributed by atoms with Crippen LogP contribution in [0.2, 0.25) is 0 Å². The van der Waals surface area contributed by atoms with Crippen LogP contribution in [0.4, 0.5) is 0 Å². The van der Waals surface area contributed by atoms with Crippen molar-refractivity contribution >= 4 is 5.97 Å². The summed E-state index contributed by atoms with van der Waals surface area (Å²) < 4.78 is 1.74. The zero-order valence-electron chi connectivity index (χ0n) is 10.4. The Bertz CT molecular complexity index is 371. The van der Waals surface area contributed by atoms with Crippen molar-refractivity contribution in [1.29, 1.82) is 0 Å². The molecule has 0 amide bonds. The number of carbonyl (C=O) groups is 1. The molecule has 0 saturated heterocycles. The van der Waals surface area contributed by atoms with Crippen LogP contribution >= 0.6 is 0 Å². The first-order valence-electron chi connectivity index (χ1n) is 5.57. The van der Waals surface area contributed by atoms with Gasteiger partial charge in [0.25, 0.3) is 0 Å². The fraction of sp³-hybridized carbons (Fsp3) is 0.667. The minimum absolute atomic E-state index is 0.127. The van der Waals surface area contributed by atoms with Crippen LogP contribution in [0.1, 0.15) is 32.8 Å². The second-order valence-electron chi connectivity index (χ2n) is 4.90. The first-order valence-corrected chi connectivity index (χ1v) is 5.57. The highest BCUT2D eigenvalue weighted by Crippen LogP contribution is 2.32. The largest absolute Gasteiger partial charge is 0.481 e. The molecular formula is C12H20N2O2. The lowest BCUT2D eigenvalue weighted by atomic mass is 9.75. The fourth-order valence-corrected chi connectivity index (χ4v) is 1.65. The van der Waals surface area contributed by atoms with Crippen molar-refractivity contribution in [2.45, 2.75) is 33.6 Å². The van der Waals surface area contributed by atoms with E-state index in [2.05, 4.69) is 5.10 Å². The molecule has 0 aliphatic rings. The van der Waals surface area contributed by atoms with E-state index in [-0.39, 0.29) is 5.92 Å². The summed E-state index contributed by atoms with van der Waals surface area (Å²) in [7, 11) is 1.86. The fourth-order valence-electron chi connectivity index (χ4n) is 1.65. The molecule has 0 bridgehead atoms. The van der Waals surface area contributed by atoms with Crippen LogP contribution < -0.4 is 0 Å². The van der Waals surface area contributed by atoms with Crippen LogP contribution in [-0.4, -0.2) is 20.9 Å². The highest BCUT2D eigenvalue weighted by molar-refractivity contribution is 5.74. The van der Waals surface area contributed by atoms with Crippen molar-refractivity contribution in [3.63, 3.8) is 0 Å². The van der Waals surface area contributed by atoms with Gasteiger partial charge in [-0.3, -0.25) is 9.48 Å². The molecule has 0 fully saturated rings. The van der Waals surface area contributed by atoms with E-state index in [4.69, 9.17) is 0 Å². The van der Waals surface area contributed by atoms with Crippen LogP contribution in [0.25, 0.3) is 0 Å². The zero-order chi connectivity index (χ0) is 12.3. The van der Waals surface area contributed by atoms with Gasteiger partial charge < -0.3 is 5.11 Å². The van der Waals surface area contributed by atoms with Gasteiger partial charge in [0.05, 0.1) is 11.6 Å². The predicted octanol–water partition coefficient (Wildman–Crippen LogP) is 2.10. The number of aryl methyl sites for hydroxylation is 2. The monoisotopic (exact) mass is 224 g/mol. The molecule has 90 valence electrons. The average molecular weight is 224 g/mol. The zero-order valence-corrected chi connectivity index (χ0v) is 10.4. The molecule has 1 unspecified atom stereocenters. The smallest absolute Gasteiger partial charge is 0.309 e. The predicted molar refractivity (Wildman–Crippen MR) is 62.1 cm³/mol. The van der Waals surface area contributed by atoms with Gasteiger partial charge in [-0.05, 0) is 31.2 Å². The number of hydrogen-bond acceptors (Lipinski definition) is 2. The lowest BCUT2D eigenvalue weighted by molar-refractivity contribution is -0.151. The number of hydrogen-bond donors (Lipinski definition) is 1. The molecule has 16 heavy (non-hydrogen) atoms. The van der Waals surface area contributed by atoms with Gasteiger partial charge >= 0.3 is 5.97 Å². The number of nitrogens with zero attached hydrogens (tertiary/aromatic N) is 2. The number of carboxylic acid groups (broad SMARTS) is 1. The summed E-state index contributed by atoms with van der Waals surface area (Å²) in [6, 6.07) is 0. The summed E-state index contributed by atoms with van der Waals surface area (Å²) in [4.78, 5) is 11.3. The van der Waals surface area contributed by atoms with E-state index >= 15 is 0 Å². The molecule has 0 aliphatic carbocycles. The Hall–Kier alpha value is -1.32. The van der Waals surface area contributed by atoms with Crippen molar-refractivity contribution in [3.05, 3.63) is 18.0 Å². The van der Waals surface area contributed by atoms with E-state index in [1.54, 1.807) is 10.9 Å². The first-order chi connectivity index (χ1) is 7.36. The van der Waals surface area contributed by atoms with Crippen molar-refractivity contribution < 1.29 is 9.90 Å². The number of aromatic nitrogens is 2. The van der Waals surface area contributed by atoms with Gasteiger partial charge in [-0.1, -0.05) is 13.8 Å². The van der Waals surface area contributed by atoms with Gasteiger partial charge in [0.15, 0.2) is 0 Å². The van der Waals surface area contributed by atoms with E-state index < -0.39 is 11.4 Å². The molecule has 4 nitrogen and oxygen atoms in total. The van der Waals surface area contributed by atoms with E-state index in [9.17, 15) is 9.90 Å². The lowest BCUT2D eigenvalue weighted by Gasteiger charge is -2.28. The van der Waals surface area contributed by atoms with E-state index in [0.29, 0.717) is 6.42 Å². The van der Waals surface area contributed by atoms with Gasteiger partial charge in [-0.15, -0.1) is 0 Å². The quantitative estimate of drug-likeness (QED) is 0.833. The highest BCUT2D eigenvalue weighted by Gasteiger charge is 2.36. The summed E-state index contributed by atoms with van der Waals surface area (Å²) >= 11 is 0. The van der Waals surface area contributed by atoms with Crippen LogP contribution in [0, 0.1) is 11.3 Å². The van der Waals surface area contributed by atoms with Gasteiger partial charge in [-0.2, -0.15) is 5.10 Å². The molecule has 0 radical (unpaired) electrons. The lowest BCUT2D eigenvalue weighted by Crippen LogP contribution is -2.33.